The molecule has 1 saturated heterocycles. The molecule has 6 nitrogen and oxygen atoms in total. The summed E-state index contributed by atoms with van der Waals surface area (Å²) in [5.74, 6) is -0.317. The lowest BCUT2D eigenvalue weighted by Crippen LogP contribution is -2.46. The maximum atomic E-state index is 12.4. The first-order valence-electron chi connectivity index (χ1n) is 7.97. The van der Waals surface area contributed by atoms with Crippen molar-refractivity contribution in [3.05, 3.63) is 29.8 Å². The van der Waals surface area contributed by atoms with Gasteiger partial charge in [0.2, 0.25) is 0 Å². The Morgan fingerprint density at radius 3 is 2.39 bits per heavy atom. The summed E-state index contributed by atoms with van der Waals surface area (Å²) >= 11 is 0. The Balaban J connectivity index is 1.93. The number of nitrogens with one attached hydrogen (secondary N) is 1. The number of carbonyl (C=O) groups is 2. The summed E-state index contributed by atoms with van der Waals surface area (Å²) in [6, 6.07) is 7.46. The molecule has 2 amide bonds. The predicted octanol–water partition coefficient (Wildman–Crippen LogP) is 2.65. The van der Waals surface area contributed by atoms with E-state index in [2.05, 4.69) is 5.32 Å². The molecule has 1 fully saturated rings. The molecule has 126 valence electrons. The topological polar surface area (TPSA) is 78.9 Å². The molecule has 2 rings (SSSR count). The smallest absolute Gasteiger partial charge is 0.317 e. The van der Waals surface area contributed by atoms with E-state index in [-0.39, 0.29) is 18.0 Å². The molecule has 0 aromatic heterocycles. The number of carboxylic acid groups (broad SMARTS) is 1. The molecule has 0 bridgehead atoms. The third-order valence-electron chi connectivity index (χ3n) is 4.36. The highest BCUT2D eigenvalue weighted by atomic mass is 16.5. The SMILES string of the molecule is CCC(NC(=O)N1CCC(C(=O)O)CC1)c1ccc(OC)cc1. The summed E-state index contributed by atoms with van der Waals surface area (Å²) in [6.07, 6.45) is 1.81. The van der Waals surface area contributed by atoms with Crippen molar-refractivity contribution >= 4 is 12.0 Å². The number of piperidine rings is 1. The van der Waals surface area contributed by atoms with Crippen LogP contribution in [-0.2, 0) is 4.79 Å². The number of nitrogens with zero attached hydrogens (tertiary/aromatic N) is 1. The number of carbonyl (C=O) groups excluding carboxylic acids is 1. The summed E-state index contributed by atoms with van der Waals surface area (Å²) in [4.78, 5) is 25.0. The van der Waals surface area contributed by atoms with E-state index in [1.54, 1.807) is 12.0 Å². The summed E-state index contributed by atoms with van der Waals surface area (Å²) in [6.45, 7) is 3.00. The number of methoxy groups -OCH3 is 1. The van der Waals surface area contributed by atoms with E-state index >= 15 is 0 Å². The summed E-state index contributed by atoms with van der Waals surface area (Å²) in [5.41, 5.74) is 1.03. The molecule has 1 aromatic rings. The molecular weight excluding hydrogens is 296 g/mol. The highest BCUT2D eigenvalue weighted by Crippen LogP contribution is 2.22. The molecule has 0 aliphatic carbocycles. The normalized spacial score (nSPS) is 16.7. The number of likely N-dealkylation sites (tertiary alicyclic amines) is 1. The van der Waals surface area contributed by atoms with Crippen molar-refractivity contribution in [1.82, 2.24) is 10.2 Å². The zero-order valence-electron chi connectivity index (χ0n) is 13.6. The Morgan fingerprint density at radius 1 is 1.30 bits per heavy atom. The van der Waals surface area contributed by atoms with Gasteiger partial charge in [-0.2, -0.15) is 0 Å². The van der Waals surface area contributed by atoms with Crippen molar-refractivity contribution in [2.45, 2.75) is 32.2 Å². The quantitative estimate of drug-likeness (QED) is 0.874. The molecule has 1 aliphatic rings. The standard InChI is InChI=1S/C17H24N2O4/c1-3-15(12-4-6-14(23-2)7-5-12)18-17(22)19-10-8-13(9-11-19)16(20)21/h4-7,13,15H,3,8-11H2,1-2H3,(H,18,22)(H,20,21). The van der Waals surface area contributed by atoms with Crippen molar-refractivity contribution in [3.63, 3.8) is 0 Å². The average Bonchev–Trinajstić information content (AvgIpc) is 2.59. The second-order valence-corrected chi connectivity index (χ2v) is 5.78. The van der Waals surface area contributed by atoms with Crippen LogP contribution in [0.2, 0.25) is 0 Å². The third kappa shape index (κ3) is 4.37. The molecule has 1 unspecified atom stereocenters. The zero-order chi connectivity index (χ0) is 16.8. The van der Waals surface area contributed by atoms with Crippen molar-refractivity contribution in [1.29, 1.82) is 0 Å². The first-order valence-corrected chi connectivity index (χ1v) is 7.97. The minimum atomic E-state index is -0.769. The highest BCUT2D eigenvalue weighted by molar-refractivity contribution is 5.75. The Morgan fingerprint density at radius 2 is 1.91 bits per heavy atom. The monoisotopic (exact) mass is 320 g/mol. The lowest BCUT2D eigenvalue weighted by molar-refractivity contribution is -0.143. The number of hydrogen-bond acceptors (Lipinski definition) is 3. The molecule has 6 heteroatoms. The van der Waals surface area contributed by atoms with Crippen molar-refractivity contribution in [3.8, 4) is 5.75 Å². The number of urea groups is 1. The van der Waals surface area contributed by atoms with E-state index in [0.29, 0.717) is 25.9 Å². The number of benzene rings is 1. The predicted molar refractivity (Wildman–Crippen MR) is 86.5 cm³/mol. The van der Waals surface area contributed by atoms with Gasteiger partial charge in [-0.25, -0.2) is 4.79 Å². The van der Waals surface area contributed by atoms with E-state index in [0.717, 1.165) is 17.7 Å². The molecule has 1 aliphatic heterocycles. The van der Waals surface area contributed by atoms with Gasteiger partial charge in [-0.05, 0) is 37.0 Å². The fourth-order valence-electron chi connectivity index (χ4n) is 2.83. The lowest BCUT2D eigenvalue weighted by atomic mass is 9.97. The van der Waals surface area contributed by atoms with Crippen LogP contribution in [-0.4, -0.2) is 42.2 Å². The van der Waals surface area contributed by atoms with Crippen molar-refractivity contribution < 1.29 is 19.4 Å². The van der Waals surface area contributed by atoms with E-state index in [1.165, 1.54) is 0 Å². The van der Waals surface area contributed by atoms with Gasteiger partial charge in [0.25, 0.3) is 0 Å². The minimum Gasteiger partial charge on any atom is -0.497 e. The van der Waals surface area contributed by atoms with Gasteiger partial charge in [-0.3, -0.25) is 4.79 Å². The maximum absolute atomic E-state index is 12.4. The van der Waals surface area contributed by atoms with Gasteiger partial charge < -0.3 is 20.1 Å². The molecule has 0 radical (unpaired) electrons. The van der Waals surface area contributed by atoms with Crippen molar-refractivity contribution in [2.75, 3.05) is 20.2 Å². The average molecular weight is 320 g/mol. The van der Waals surface area contributed by atoms with E-state index in [1.807, 2.05) is 31.2 Å². The molecular formula is C17H24N2O4. The Hall–Kier alpha value is -2.24. The van der Waals surface area contributed by atoms with Crippen LogP contribution >= 0.6 is 0 Å². The fraction of sp³-hybridized carbons (Fsp3) is 0.529. The second kappa shape index (κ2) is 7.85. The van der Waals surface area contributed by atoms with Crippen LogP contribution in [0.1, 0.15) is 37.8 Å². The zero-order valence-corrected chi connectivity index (χ0v) is 13.6. The number of carboxylic acids is 1. The van der Waals surface area contributed by atoms with Gasteiger partial charge in [-0.15, -0.1) is 0 Å². The van der Waals surface area contributed by atoms with E-state index < -0.39 is 5.97 Å². The number of hydrogen-bond donors (Lipinski definition) is 2. The van der Waals surface area contributed by atoms with Crippen LogP contribution in [0.25, 0.3) is 0 Å². The van der Waals surface area contributed by atoms with Gasteiger partial charge >= 0.3 is 12.0 Å². The van der Waals surface area contributed by atoms with Crippen molar-refractivity contribution in [2.24, 2.45) is 5.92 Å². The van der Waals surface area contributed by atoms with Crippen LogP contribution in [0.4, 0.5) is 4.79 Å². The number of aliphatic carboxylic acids is 1. The first kappa shape index (κ1) is 17.1. The molecule has 0 spiro atoms. The Kier molecular flexibility index (Phi) is 5.84. The number of amides is 2. The van der Waals surface area contributed by atoms with Gasteiger partial charge in [-0.1, -0.05) is 19.1 Å². The molecule has 1 heterocycles. The van der Waals surface area contributed by atoms with Gasteiger partial charge in [0.15, 0.2) is 0 Å². The number of rotatable bonds is 5. The molecule has 1 atom stereocenters. The number of ether oxygens (including phenoxy) is 1. The first-order chi connectivity index (χ1) is 11.0. The van der Waals surface area contributed by atoms with Gasteiger partial charge in [0.05, 0.1) is 19.1 Å². The fourth-order valence-corrected chi connectivity index (χ4v) is 2.83. The van der Waals surface area contributed by atoms with Crippen LogP contribution in [0, 0.1) is 5.92 Å². The summed E-state index contributed by atoms with van der Waals surface area (Å²) in [5, 5.41) is 12.0. The second-order valence-electron chi connectivity index (χ2n) is 5.78. The van der Waals surface area contributed by atoms with Crippen LogP contribution < -0.4 is 10.1 Å². The van der Waals surface area contributed by atoms with E-state index in [4.69, 9.17) is 9.84 Å². The Labute approximate surface area is 136 Å². The third-order valence-corrected chi connectivity index (χ3v) is 4.36. The summed E-state index contributed by atoms with van der Waals surface area (Å²) in [7, 11) is 1.62. The van der Waals surface area contributed by atoms with Gasteiger partial charge in [0, 0.05) is 13.1 Å². The van der Waals surface area contributed by atoms with Crippen LogP contribution in [0.15, 0.2) is 24.3 Å². The van der Waals surface area contributed by atoms with E-state index in [9.17, 15) is 9.59 Å². The highest BCUT2D eigenvalue weighted by Gasteiger charge is 2.27. The Bertz CT molecular complexity index is 536. The van der Waals surface area contributed by atoms with Gasteiger partial charge in [0.1, 0.15) is 5.75 Å². The summed E-state index contributed by atoms with van der Waals surface area (Å²) < 4.78 is 5.14. The largest absolute Gasteiger partial charge is 0.497 e. The molecule has 2 N–H and O–H groups in total. The molecule has 23 heavy (non-hydrogen) atoms. The minimum absolute atomic E-state index is 0.0643. The maximum Gasteiger partial charge on any atom is 0.317 e. The van der Waals surface area contributed by atoms with Crippen LogP contribution in [0.5, 0.6) is 5.75 Å². The van der Waals surface area contributed by atoms with Crippen LogP contribution in [0.3, 0.4) is 0 Å². The molecule has 0 saturated carbocycles. The molecule has 1 aromatic carbocycles. The lowest BCUT2D eigenvalue weighted by Gasteiger charge is -2.31.